The van der Waals surface area contributed by atoms with E-state index in [4.69, 9.17) is 0 Å². The molecule has 6 heteroatoms. The van der Waals surface area contributed by atoms with Crippen LogP contribution >= 0.6 is 0 Å². The number of carbonyl (C=O) groups excluding carboxylic acids is 1. The number of carbonyl (C=O) groups is 1. The first-order valence-corrected chi connectivity index (χ1v) is 11.5. The largest absolute Gasteiger partial charge is 0.382 e. The summed E-state index contributed by atoms with van der Waals surface area (Å²) in [7, 11) is 0. The lowest BCUT2D eigenvalue weighted by atomic mass is 9.98. The van der Waals surface area contributed by atoms with Crippen molar-refractivity contribution in [2.24, 2.45) is 0 Å². The number of fused-ring (bicyclic) bond motifs is 1. The van der Waals surface area contributed by atoms with E-state index in [1.807, 2.05) is 60.5 Å². The van der Waals surface area contributed by atoms with Crippen LogP contribution in [0.2, 0.25) is 0 Å². The first-order chi connectivity index (χ1) is 16.6. The van der Waals surface area contributed by atoms with Crippen LogP contribution in [0.4, 0.5) is 5.69 Å². The molecule has 2 aromatic heterocycles. The molecule has 3 heterocycles. The van der Waals surface area contributed by atoms with E-state index in [9.17, 15) is 10.1 Å². The lowest BCUT2D eigenvalue weighted by Crippen LogP contribution is -2.42. The van der Waals surface area contributed by atoms with Gasteiger partial charge in [0.05, 0.1) is 11.6 Å². The number of aryl methyl sites for hydroxylation is 1. The van der Waals surface area contributed by atoms with E-state index in [1.165, 1.54) is 0 Å². The minimum absolute atomic E-state index is 0.00354. The number of hydrogen-bond acceptors (Lipinski definition) is 5. The van der Waals surface area contributed by atoms with Gasteiger partial charge in [0.25, 0.3) is 5.91 Å². The summed E-state index contributed by atoms with van der Waals surface area (Å²) in [4.78, 5) is 23.5. The molecule has 0 radical (unpaired) electrons. The predicted octanol–water partition coefficient (Wildman–Crippen LogP) is 5.19. The van der Waals surface area contributed by atoms with E-state index in [0.717, 1.165) is 46.1 Å². The molecular formula is C28H25N5O. The molecule has 4 aromatic rings. The van der Waals surface area contributed by atoms with Crippen molar-refractivity contribution in [1.29, 1.82) is 5.26 Å². The summed E-state index contributed by atoms with van der Waals surface area (Å²) in [6.07, 6.45) is 5.39. The average Bonchev–Trinajstić information content (AvgIpc) is 2.88. The van der Waals surface area contributed by atoms with Crippen molar-refractivity contribution < 1.29 is 4.79 Å². The fraction of sp³-hybridized carbons (Fsp3) is 0.214. The number of nitrogens with zero attached hydrogens (tertiary/aromatic N) is 4. The van der Waals surface area contributed by atoms with Crippen molar-refractivity contribution in [3.05, 3.63) is 90.0 Å². The lowest BCUT2D eigenvalue weighted by molar-refractivity contribution is 0.0712. The molecule has 1 saturated heterocycles. The molecule has 0 aliphatic carbocycles. The molecule has 6 nitrogen and oxygen atoms in total. The lowest BCUT2D eigenvalue weighted by Gasteiger charge is -2.33. The number of benzene rings is 2. The van der Waals surface area contributed by atoms with Crippen LogP contribution in [-0.2, 0) is 0 Å². The third-order valence-corrected chi connectivity index (χ3v) is 6.33. The summed E-state index contributed by atoms with van der Waals surface area (Å²) in [5.41, 5.74) is 5.08. The Bertz CT molecular complexity index is 1400. The van der Waals surface area contributed by atoms with Crippen molar-refractivity contribution in [3.8, 4) is 17.2 Å². The number of nitrogens with one attached hydrogen (secondary N) is 1. The van der Waals surface area contributed by atoms with Gasteiger partial charge in [-0.1, -0.05) is 18.2 Å². The normalized spacial score (nSPS) is 14.1. The van der Waals surface area contributed by atoms with Crippen molar-refractivity contribution in [1.82, 2.24) is 14.9 Å². The highest BCUT2D eigenvalue weighted by molar-refractivity contribution is 5.97. The summed E-state index contributed by atoms with van der Waals surface area (Å²) < 4.78 is 0. The van der Waals surface area contributed by atoms with Gasteiger partial charge in [-0.25, -0.2) is 4.98 Å². The van der Waals surface area contributed by atoms with Gasteiger partial charge in [-0.3, -0.25) is 9.78 Å². The fourth-order valence-electron chi connectivity index (χ4n) is 4.52. The summed E-state index contributed by atoms with van der Waals surface area (Å²) in [5.74, 6) is -0.00354. The standard InChI is InChI=1S/C28H25N5O/c1-19-4-2-7-26(31-19)28(34)33-12-9-24(10-13-33)32-27-16-23(15-22-8-11-30-18-25(22)27)21-6-3-5-20(14-21)17-29/h2-8,11,14-16,18,24,32H,9-10,12-13H2,1H3. The molecular weight excluding hydrogens is 422 g/mol. The second-order valence-electron chi connectivity index (χ2n) is 8.69. The zero-order valence-electron chi connectivity index (χ0n) is 19.0. The van der Waals surface area contributed by atoms with Gasteiger partial charge in [-0.05, 0) is 78.7 Å². The maximum Gasteiger partial charge on any atom is 0.272 e. The van der Waals surface area contributed by atoms with Crippen molar-refractivity contribution in [2.45, 2.75) is 25.8 Å². The second kappa shape index (κ2) is 9.32. The molecule has 1 fully saturated rings. The Morgan fingerprint density at radius 2 is 1.88 bits per heavy atom. The molecule has 168 valence electrons. The highest BCUT2D eigenvalue weighted by Gasteiger charge is 2.25. The first kappa shape index (κ1) is 21.6. The first-order valence-electron chi connectivity index (χ1n) is 11.5. The maximum atomic E-state index is 12.9. The monoisotopic (exact) mass is 447 g/mol. The molecule has 0 spiro atoms. The Hall–Kier alpha value is -4.24. The van der Waals surface area contributed by atoms with Crippen LogP contribution in [0.1, 0.15) is 34.6 Å². The van der Waals surface area contributed by atoms with Gasteiger partial charge < -0.3 is 10.2 Å². The number of hydrogen-bond donors (Lipinski definition) is 1. The Morgan fingerprint density at radius 1 is 1.06 bits per heavy atom. The second-order valence-corrected chi connectivity index (χ2v) is 8.69. The Balaban J connectivity index is 1.36. The molecule has 0 atom stereocenters. The SMILES string of the molecule is Cc1cccc(C(=O)N2CCC(Nc3cc(-c4cccc(C#N)c4)cc4ccncc34)CC2)n1. The third-order valence-electron chi connectivity index (χ3n) is 6.33. The highest BCUT2D eigenvalue weighted by Crippen LogP contribution is 2.32. The smallest absolute Gasteiger partial charge is 0.272 e. The van der Waals surface area contributed by atoms with Crippen LogP contribution in [0.25, 0.3) is 21.9 Å². The molecule has 5 rings (SSSR count). The molecule has 1 amide bonds. The number of nitriles is 1. The maximum absolute atomic E-state index is 12.9. The highest BCUT2D eigenvalue weighted by atomic mass is 16.2. The van der Waals surface area contributed by atoms with E-state index >= 15 is 0 Å². The molecule has 34 heavy (non-hydrogen) atoms. The van der Waals surface area contributed by atoms with Crippen LogP contribution in [0.3, 0.4) is 0 Å². The van der Waals surface area contributed by atoms with Gasteiger partial charge >= 0.3 is 0 Å². The number of aromatic nitrogens is 2. The van der Waals surface area contributed by atoms with Crippen molar-refractivity contribution >= 4 is 22.4 Å². The van der Waals surface area contributed by atoms with Crippen molar-refractivity contribution in [3.63, 3.8) is 0 Å². The number of piperidine rings is 1. The fourth-order valence-corrected chi connectivity index (χ4v) is 4.52. The third kappa shape index (κ3) is 4.46. The molecule has 1 aliphatic rings. The van der Waals surface area contributed by atoms with Crippen LogP contribution in [-0.4, -0.2) is 39.9 Å². The van der Waals surface area contributed by atoms with E-state index < -0.39 is 0 Å². The molecule has 0 unspecified atom stereocenters. The quantitative estimate of drug-likeness (QED) is 0.465. The van der Waals surface area contributed by atoms with Crippen molar-refractivity contribution in [2.75, 3.05) is 18.4 Å². The van der Waals surface area contributed by atoms with E-state index in [0.29, 0.717) is 24.3 Å². The summed E-state index contributed by atoms with van der Waals surface area (Å²) in [6, 6.07) is 22.0. The Kier molecular flexibility index (Phi) is 5.92. The molecule has 1 N–H and O–H groups in total. The van der Waals surface area contributed by atoms with Gasteiger partial charge in [0.15, 0.2) is 0 Å². The average molecular weight is 448 g/mol. The van der Waals surface area contributed by atoms with Gasteiger partial charge in [0.2, 0.25) is 0 Å². The zero-order chi connectivity index (χ0) is 23.5. The number of likely N-dealkylation sites (tertiary alicyclic amines) is 1. The topological polar surface area (TPSA) is 81.9 Å². The predicted molar refractivity (Wildman–Crippen MR) is 133 cm³/mol. The van der Waals surface area contributed by atoms with Gasteiger partial charge in [-0.2, -0.15) is 5.26 Å². The minimum atomic E-state index is -0.00354. The van der Waals surface area contributed by atoms with Gasteiger partial charge in [-0.15, -0.1) is 0 Å². The minimum Gasteiger partial charge on any atom is -0.382 e. The molecule has 1 aliphatic heterocycles. The molecule has 0 saturated carbocycles. The van der Waals surface area contributed by atoms with Crippen LogP contribution in [0.15, 0.2) is 73.1 Å². The zero-order valence-corrected chi connectivity index (χ0v) is 19.0. The van der Waals surface area contributed by atoms with E-state index in [2.05, 4.69) is 33.5 Å². The summed E-state index contributed by atoms with van der Waals surface area (Å²) in [5, 5.41) is 15.2. The number of pyridine rings is 2. The van der Waals surface area contributed by atoms with Gasteiger partial charge in [0, 0.05) is 48.3 Å². The summed E-state index contributed by atoms with van der Waals surface area (Å²) in [6.45, 7) is 3.27. The number of amides is 1. The molecule has 0 bridgehead atoms. The van der Waals surface area contributed by atoms with Gasteiger partial charge in [0.1, 0.15) is 5.69 Å². The van der Waals surface area contributed by atoms with Crippen LogP contribution in [0, 0.1) is 18.3 Å². The molecule has 2 aromatic carbocycles. The number of anilines is 1. The Morgan fingerprint density at radius 3 is 2.68 bits per heavy atom. The van der Waals surface area contributed by atoms with E-state index in [-0.39, 0.29) is 11.9 Å². The van der Waals surface area contributed by atoms with E-state index in [1.54, 1.807) is 12.3 Å². The van der Waals surface area contributed by atoms with Crippen LogP contribution in [0.5, 0.6) is 0 Å². The van der Waals surface area contributed by atoms with Crippen LogP contribution < -0.4 is 5.32 Å². The Labute approximate surface area is 198 Å². The number of rotatable bonds is 4. The summed E-state index contributed by atoms with van der Waals surface area (Å²) >= 11 is 0.